The number of fused-ring (bicyclic) bond motifs is 1. The molecule has 0 fully saturated rings. The van der Waals surface area contributed by atoms with Gasteiger partial charge in [0.25, 0.3) is 0 Å². The van der Waals surface area contributed by atoms with Gasteiger partial charge in [-0.25, -0.2) is 9.13 Å². The largest absolute Gasteiger partial charge is 0.537 e. The average Bonchev–Trinajstić information content (AvgIpc) is 2.46. The molecule has 4 N–H and O–H groups in total. The highest BCUT2D eigenvalue weighted by molar-refractivity contribution is 7.60. The summed E-state index contributed by atoms with van der Waals surface area (Å²) in [5.41, 5.74) is 1.24. The van der Waals surface area contributed by atoms with Crippen molar-refractivity contribution in [1.82, 2.24) is 0 Å². The Kier molecular flexibility index (Phi) is 4.10. The number of hydrogen-bond acceptors (Lipinski definition) is 6. The number of hydrogen-bond donors (Lipinski definition) is 4. The Bertz CT molecular complexity index is 666. The molecule has 2 rings (SSSR count). The molecule has 1 aliphatic rings. The summed E-state index contributed by atoms with van der Waals surface area (Å²) in [6.07, 6.45) is 2.55. The van der Waals surface area contributed by atoms with Crippen molar-refractivity contribution in [2.75, 3.05) is 5.32 Å². The zero-order chi connectivity index (χ0) is 14.8. The zero-order valence-electron chi connectivity index (χ0n) is 9.78. The van der Waals surface area contributed by atoms with Crippen LogP contribution in [0.1, 0.15) is 5.56 Å². The van der Waals surface area contributed by atoms with E-state index in [1.54, 1.807) is 24.3 Å². The van der Waals surface area contributed by atoms with Gasteiger partial charge in [0.05, 0.1) is 6.20 Å². The van der Waals surface area contributed by atoms with E-state index in [0.29, 0.717) is 11.3 Å². The fourth-order valence-corrected chi connectivity index (χ4v) is 2.95. The van der Waals surface area contributed by atoms with Gasteiger partial charge >= 0.3 is 15.6 Å². The van der Waals surface area contributed by atoms with Crippen molar-refractivity contribution >= 4 is 27.5 Å². The Labute approximate surface area is 113 Å². The van der Waals surface area contributed by atoms with Gasteiger partial charge in [0, 0.05) is 17.5 Å². The van der Waals surface area contributed by atoms with Crippen LogP contribution in [-0.2, 0) is 18.0 Å². The fraction of sp³-hybridized carbons (Fsp3) is 0. The van der Waals surface area contributed by atoms with Crippen LogP contribution >= 0.6 is 15.6 Å². The van der Waals surface area contributed by atoms with Crippen molar-refractivity contribution in [1.29, 1.82) is 0 Å². The van der Waals surface area contributed by atoms with Crippen molar-refractivity contribution in [3.63, 3.8) is 0 Å². The predicted molar refractivity (Wildman–Crippen MR) is 69.8 cm³/mol. The normalized spacial score (nSPS) is 17.2. The molecule has 9 nitrogen and oxygen atoms in total. The van der Waals surface area contributed by atoms with Gasteiger partial charge in [0.2, 0.25) is 5.88 Å². The standard InChI is InChI=1S/C9H10N2O7P2/c12-19(13,14)18-20(15,16)17-9-6-10-5-7-3-1-2-4-8(7)11-9/h1-6,11H,(H,15,16)(H2,12,13,14). The number of aliphatic imine (C=N–C) groups is 1. The van der Waals surface area contributed by atoms with Gasteiger partial charge in [0.1, 0.15) is 0 Å². The number of nitrogens with one attached hydrogen (secondary N) is 1. The number of benzene rings is 1. The van der Waals surface area contributed by atoms with Crippen LogP contribution in [0.3, 0.4) is 0 Å². The van der Waals surface area contributed by atoms with Crippen LogP contribution in [-0.4, -0.2) is 20.9 Å². The average molecular weight is 320 g/mol. The zero-order valence-corrected chi connectivity index (χ0v) is 11.6. The van der Waals surface area contributed by atoms with E-state index in [-0.39, 0.29) is 5.88 Å². The van der Waals surface area contributed by atoms with Crippen molar-refractivity contribution in [3.05, 3.63) is 41.9 Å². The minimum Gasteiger partial charge on any atom is -0.386 e. The van der Waals surface area contributed by atoms with Crippen LogP contribution in [0.4, 0.5) is 5.69 Å². The summed E-state index contributed by atoms with van der Waals surface area (Å²) in [6.45, 7) is 0. The van der Waals surface area contributed by atoms with Crippen LogP contribution in [0.2, 0.25) is 0 Å². The molecule has 0 saturated carbocycles. The van der Waals surface area contributed by atoms with E-state index in [1.807, 2.05) is 0 Å². The van der Waals surface area contributed by atoms with E-state index in [4.69, 9.17) is 9.79 Å². The molecule has 108 valence electrons. The maximum atomic E-state index is 11.4. The third kappa shape index (κ3) is 4.28. The lowest BCUT2D eigenvalue weighted by molar-refractivity contribution is 0.209. The van der Waals surface area contributed by atoms with E-state index >= 15 is 0 Å². The van der Waals surface area contributed by atoms with Crippen molar-refractivity contribution in [2.24, 2.45) is 4.99 Å². The molecule has 1 heterocycles. The smallest absolute Gasteiger partial charge is 0.386 e. The molecule has 0 saturated heterocycles. The monoisotopic (exact) mass is 320 g/mol. The Morgan fingerprint density at radius 1 is 1.15 bits per heavy atom. The van der Waals surface area contributed by atoms with Crippen molar-refractivity contribution < 1.29 is 32.6 Å². The topological polar surface area (TPSA) is 138 Å². The first-order valence-corrected chi connectivity index (χ1v) is 8.16. The van der Waals surface area contributed by atoms with E-state index < -0.39 is 15.6 Å². The first-order valence-electron chi connectivity index (χ1n) is 5.14. The van der Waals surface area contributed by atoms with Gasteiger partial charge < -0.3 is 19.6 Å². The Hall–Kier alpha value is -1.47. The molecule has 11 heteroatoms. The lowest BCUT2D eigenvalue weighted by Gasteiger charge is -2.16. The lowest BCUT2D eigenvalue weighted by atomic mass is 10.2. The molecule has 1 aliphatic heterocycles. The maximum Gasteiger partial charge on any atom is 0.537 e. The number of nitrogens with zero attached hydrogens (tertiary/aromatic N) is 1. The fourth-order valence-electron chi connectivity index (χ4n) is 1.40. The molecule has 20 heavy (non-hydrogen) atoms. The first kappa shape index (κ1) is 14.9. The highest BCUT2D eigenvalue weighted by Crippen LogP contribution is 2.58. The van der Waals surface area contributed by atoms with Crippen LogP contribution in [0, 0.1) is 0 Å². The molecule has 0 bridgehead atoms. The molecule has 1 unspecified atom stereocenters. The van der Waals surface area contributed by atoms with Crippen molar-refractivity contribution in [2.45, 2.75) is 0 Å². The molecule has 0 spiro atoms. The molecule has 1 aromatic carbocycles. The van der Waals surface area contributed by atoms with E-state index in [0.717, 1.165) is 6.20 Å². The minimum atomic E-state index is -5.16. The number of rotatable bonds is 4. The molecular weight excluding hydrogens is 310 g/mol. The quantitative estimate of drug-likeness (QED) is 0.613. The maximum absolute atomic E-state index is 11.4. The SMILES string of the molecule is O=P(O)(O)OP(=O)(O)OC1=CN=Cc2ccccc2N1. The van der Waals surface area contributed by atoms with Crippen LogP contribution in [0.5, 0.6) is 0 Å². The summed E-state index contributed by atoms with van der Waals surface area (Å²) in [7, 11) is -10.1. The minimum absolute atomic E-state index is 0.287. The van der Waals surface area contributed by atoms with Crippen LogP contribution < -0.4 is 5.32 Å². The summed E-state index contributed by atoms with van der Waals surface area (Å²) in [5.74, 6) is -0.287. The molecule has 1 atom stereocenters. The highest BCUT2D eigenvalue weighted by Gasteiger charge is 2.34. The number of phosphoric acid groups is 2. The van der Waals surface area contributed by atoms with Crippen LogP contribution in [0.15, 0.2) is 41.3 Å². The lowest BCUT2D eigenvalue weighted by Crippen LogP contribution is -2.04. The van der Waals surface area contributed by atoms with Gasteiger partial charge in [-0.05, 0) is 6.07 Å². The third-order valence-corrected chi connectivity index (χ3v) is 4.15. The summed E-state index contributed by atoms with van der Waals surface area (Å²) >= 11 is 0. The van der Waals surface area contributed by atoms with E-state index in [2.05, 4.69) is 19.1 Å². The number of para-hydroxylation sites is 1. The number of phosphoric ester groups is 1. The second kappa shape index (κ2) is 5.49. The molecular formula is C9H10N2O7P2. The molecule has 0 aromatic heterocycles. The van der Waals surface area contributed by atoms with Gasteiger partial charge in [-0.1, -0.05) is 18.2 Å². The predicted octanol–water partition coefficient (Wildman–Crippen LogP) is 1.56. The molecule has 0 radical (unpaired) electrons. The summed E-state index contributed by atoms with van der Waals surface area (Å²) in [5, 5.41) is 2.65. The van der Waals surface area contributed by atoms with Crippen LogP contribution in [0.25, 0.3) is 0 Å². The third-order valence-electron chi connectivity index (χ3n) is 2.05. The molecule has 0 aliphatic carbocycles. The molecule has 1 aromatic rings. The Balaban J connectivity index is 2.16. The second-order valence-corrected chi connectivity index (χ2v) is 6.37. The summed E-state index contributed by atoms with van der Waals surface area (Å²) in [4.78, 5) is 30.1. The Morgan fingerprint density at radius 2 is 1.85 bits per heavy atom. The van der Waals surface area contributed by atoms with Gasteiger partial charge in [-0.3, -0.25) is 9.89 Å². The first-order chi connectivity index (χ1) is 9.25. The Morgan fingerprint density at radius 3 is 2.55 bits per heavy atom. The van der Waals surface area contributed by atoms with Gasteiger partial charge in [-0.15, -0.1) is 0 Å². The van der Waals surface area contributed by atoms with Gasteiger partial charge in [-0.2, -0.15) is 4.31 Å². The molecule has 0 amide bonds. The summed E-state index contributed by atoms with van der Waals surface area (Å²) < 4.78 is 30.2. The van der Waals surface area contributed by atoms with E-state index in [9.17, 15) is 14.0 Å². The van der Waals surface area contributed by atoms with Gasteiger partial charge in [0.15, 0.2) is 0 Å². The highest BCUT2D eigenvalue weighted by atomic mass is 31.3. The number of anilines is 1. The van der Waals surface area contributed by atoms with Crippen molar-refractivity contribution in [3.8, 4) is 0 Å². The van der Waals surface area contributed by atoms with E-state index in [1.165, 1.54) is 6.21 Å². The summed E-state index contributed by atoms with van der Waals surface area (Å²) in [6, 6.07) is 6.89. The second-order valence-electron chi connectivity index (χ2n) is 3.62.